The largest absolute Gasteiger partial charge is 0.391 e. The van der Waals surface area contributed by atoms with Gasteiger partial charge in [-0.15, -0.1) is 0 Å². The number of hydrogen-bond donors (Lipinski definition) is 2. The van der Waals surface area contributed by atoms with Gasteiger partial charge in [0.05, 0.1) is 0 Å². The Morgan fingerprint density at radius 1 is 1.90 bits per heavy atom. The summed E-state index contributed by atoms with van der Waals surface area (Å²) in [5.74, 6) is 0. The summed E-state index contributed by atoms with van der Waals surface area (Å²) >= 11 is 10.2. The number of nitrogens with two attached hydrogens (primary N) is 1. The highest BCUT2D eigenvalue weighted by Gasteiger charge is 2.09. The SMILES string of the molecule is NC(=S)C1C=CC(Cl)=NN1. The molecule has 0 aromatic rings. The summed E-state index contributed by atoms with van der Waals surface area (Å²) in [6, 6.07) is -0.155. The highest BCUT2D eigenvalue weighted by Crippen LogP contribution is 1.98. The van der Waals surface area contributed by atoms with Crippen LogP contribution < -0.4 is 11.2 Å². The molecule has 1 rings (SSSR count). The zero-order chi connectivity index (χ0) is 7.56. The van der Waals surface area contributed by atoms with Gasteiger partial charge >= 0.3 is 0 Å². The molecule has 0 radical (unpaired) electrons. The normalized spacial score (nSPS) is 23.3. The maximum atomic E-state index is 5.50. The van der Waals surface area contributed by atoms with Gasteiger partial charge in [0.15, 0.2) is 0 Å². The Morgan fingerprint density at radius 3 is 3.00 bits per heavy atom. The van der Waals surface area contributed by atoms with Crippen LogP contribution in [0.5, 0.6) is 0 Å². The second kappa shape index (κ2) is 2.98. The molecule has 0 saturated heterocycles. The van der Waals surface area contributed by atoms with Crippen molar-refractivity contribution in [1.82, 2.24) is 5.43 Å². The predicted molar refractivity (Wildman–Crippen MR) is 46.1 cm³/mol. The summed E-state index contributed by atoms with van der Waals surface area (Å²) in [6.07, 6.45) is 3.42. The van der Waals surface area contributed by atoms with E-state index in [1.165, 1.54) is 0 Å². The fourth-order valence-electron chi connectivity index (χ4n) is 0.546. The molecule has 3 nitrogen and oxygen atoms in total. The number of allylic oxidation sites excluding steroid dienone is 1. The van der Waals surface area contributed by atoms with Crippen molar-refractivity contribution in [1.29, 1.82) is 0 Å². The van der Waals surface area contributed by atoms with Crippen LogP contribution in [0.1, 0.15) is 0 Å². The van der Waals surface area contributed by atoms with E-state index in [1.807, 2.05) is 0 Å². The van der Waals surface area contributed by atoms with Crippen LogP contribution in [0.3, 0.4) is 0 Å². The van der Waals surface area contributed by atoms with Gasteiger partial charge in [-0.3, -0.25) is 5.43 Å². The van der Waals surface area contributed by atoms with E-state index in [-0.39, 0.29) is 6.04 Å². The Balaban J connectivity index is 2.60. The molecular formula is C5H6ClN3S. The van der Waals surface area contributed by atoms with Gasteiger partial charge in [-0.05, 0) is 6.08 Å². The third-order valence-corrected chi connectivity index (χ3v) is 1.51. The van der Waals surface area contributed by atoms with E-state index in [0.717, 1.165) is 0 Å². The molecule has 54 valence electrons. The molecule has 3 N–H and O–H groups in total. The van der Waals surface area contributed by atoms with Gasteiger partial charge in [-0.2, -0.15) is 5.10 Å². The highest BCUT2D eigenvalue weighted by atomic mass is 35.5. The summed E-state index contributed by atoms with van der Waals surface area (Å²) in [5, 5.41) is 4.12. The van der Waals surface area contributed by atoms with Crippen LogP contribution in [-0.2, 0) is 0 Å². The van der Waals surface area contributed by atoms with Crippen LogP contribution in [0.25, 0.3) is 0 Å². The second-order valence-electron chi connectivity index (χ2n) is 1.80. The predicted octanol–water partition coefficient (Wildman–Crippen LogP) is 0.353. The van der Waals surface area contributed by atoms with Crippen molar-refractivity contribution >= 4 is 34.0 Å². The molecule has 0 spiro atoms. The number of thiocarbonyl (C=S) groups is 1. The first-order chi connectivity index (χ1) is 4.70. The maximum absolute atomic E-state index is 5.50. The molecule has 0 saturated carbocycles. The Kier molecular flexibility index (Phi) is 2.24. The molecule has 0 aromatic heterocycles. The van der Waals surface area contributed by atoms with Crippen molar-refractivity contribution in [3.05, 3.63) is 12.2 Å². The molecule has 0 aromatic carbocycles. The monoisotopic (exact) mass is 175 g/mol. The summed E-state index contributed by atoms with van der Waals surface area (Å²) in [5.41, 5.74) is 7.99. The lowest BCUT2D eigenvalue weighted by molar-refractivity contribution is 0.746. The minimum absolute atomic E-state index is 0.155. The number of halogens is 1. The summed E-state index contributed by atoms with van der Waals surface area (Å²) in [6.45, 7) is 0. The van der Waals surface area contributed by atoms with Crippen LogP contribution in [-0.4, -0.2) is 16.2 Å². The van der Waals surface area contributed by atoms with Gasteiger partial charge in [-0.25, -0.2) is 0 Å². The zero-order valence-electron chi connectivity index (χ0n) is 5.04. The summed E-state index contributed by atoms with van der Waals surface area (Å²) < 4.78 is 0. The summed E-state index contributed by atoms with van der Waals surface area (Å²) in [4.78, 5) is 0.365. The molecule has 10 heavy (non-hydrogen) atoms. The first-order valence-corrected chi connectivity index (χ1v) is 3.45. The third-order valence-electron chi connectivity index (χ3n) is 1.04. The van der Waals surface area contributed by atoms with Crippen molar-refractivity contribution in [3.63, 3.8) is 0 Å². The van der Waals surface area contributed by atoms with Crippen molar-refractivity contribution < 1.29 is 0 Å². The first-order valence-electron chi connectivity index (χ1n) is 2.66. The number of nitrogens with zero attached hydrogens (tertiary/aromatic N) is 1. The third kappa shape index (κ3) is 1.68. The fraction of sp³-hybridized carbons (Fsp3) is 0.200. The second-order valence-corrected chi connectivity index (χ2v) is 2.66. The minimum Gasteiger partial charge on any atom is -0.391 e. The number of rotatable bonds is 1. The van der Waals surface area contributed by atoms with Crippen molar-refractivity contribution in [2.75, 3.05) is 0 Å². The van der Waals surface area contributed by atoms with Crippen LogP contribution >= 0.6 is 23.8 Å². The van der Waals surface area contributed by atoms with E-state index in [1.54, 1.807) is 12.2 Å². The average molecular weight is 176 g/mol. The van der Waals surface area contributed by atoms with Gasteiger partial charge in [0, 0.05) is 0 Å². The molecule has 1 heterocycles. The standard InChI is InChI=1S/C5H6ClN3S/c6-4-2-1-3(5(7)10)8-9-4/h1-3,8H,(H2,7,10). The lowest BCUT2D eigenvalue weighted by Crippen LogP contribution is -2.37. The van der Waals surface area contributed by atoms with Crippen molar-refractivity contribution in [2.45, 2.75) is 6.04 Å². The molecule has 0 fully saturated rings. The van der Waals surface area contributed by atoms with Gasteiger partial charge in [0.2, 0.25) is 0 Å². The van der Waals surface area contributed by atoms with Crippen LogP contribution in [0, 0.1) is 0 Å². The summed E-state index contributed by atoms with van der Waals surface area (Å²) in [7, 11) is 0. The molecule has 0 amide bonds. The maximum Gasteiger partial charge on any atom is 0.148 e. The van der Waals surface area contributed by atoms with E-state index in [9.17, 15) is 0 Å². The van der Waals surface area contributed by atoms with Gasteiger partial charge < -0.3 is 5.73 Å². The van der Waals surface area contributed by atoms with Crippen LogP contribution in [0.4, 0.5) is 0 Å². The number of hydrazone groups is 1. The Labute approximate surface area is 68.9 Å². The Morgan fingerprint density at radius 2 is 2.60 bits per heavy atom. The zero-order valence-corrected chi connectivity index (χ0v) is 6.62. The quantitative estimate of drug-likeness (QED) is 0.566. The molecule has 5 heteroatoms. The van der Waals surface area contributed by atoms with E-state index >= 15 is 0 Å². The minimum atomic E-state index is -0.155. The van der Waals surface area contributed by atoms with Gasteiger partial charge in [0.25, 0.3) is 0 Å². The topological polar surface area (TPSA) is 50.4 Å². The van der Waals surface area contributed by atoms with Crippen molar-refractivity contribution in [3.8, 4) is 0 Å². The van der Waals surface area contributed by atoms with E-state index in [4.69, 9.17) is 29.6 Å². The van der Waals surface area contributed by atoms with E-state index in [2.05, 4.69) is 10.5 Å². The lowest BCUT2D eigenvalue weighted by atomic mass is 10.3. The van der Waals surface area contributed by atoms with Crippen LogP contribution in [0.15, 0.2) is 17.3 Å². The molecule has 0 bridgehead atoms. The molecule has 1 atom stereocenters. The van der Waals surface area contributed by atoms with E-state index < -0.39 is 0 Å². The molecular weight excluding hydrogens is 170 g/mol. The molecule has 1 unspecified atom stereocenters. The fourth-order valence-corrected chi connectivity index (χ4v) is 0.798. The lowest BCUT2D eigenvalue weighted by Gasteiger charge is -2.13. The van der Waals surface area contributed by atoms with Gasteiger partial charge in [-0.1, -0.05) is 29.9 Å². The Bertz CT molecular complexity index is 211. The molecule has 1 aliphatic heterocycles. The van der Waals surface area contributed by atoms with Crippen LogP contribution in [0.2, 0.25) is 0 Å². The first kappa shape index (κ1) is 7.50. The number of nitrogens with one attached hydrogen (secondary N) is 1. The van der Waals surface area contributed by atoms with E-state index in [0.29, 0.717) is 10.2 Å². The Hall–Kier alpha value is -0.610. The van der Waals surface area contributed by atoms with Gasteiger partial charge in [0.1, 0.15) is 16.2 Å². The molecule has 1 aliphatic rings. The van der Waals surface area contributed by atoms with Crippen molar-refractivity contribution in [2.24, 2.45) is 10.8 Å². The average Bonchev–Trinajstić information content (AvgIpc) is 1.88. The smallest absolute Gasteiger partial charge is 0.148 e. The number of hydrogen-bond acceptors (Lipinski definition) is 3. The highest BCUT2D eigenvalue weighted by molar-refractivity contribution is 7.80. The molecule has 0 aliphatic carbocycles.